The molecule has 0 radical (unpaired) electrons. The highest BCUT2D eigenvalue weighted by Gasteiger charge is 2.10. The quantitative estimate of drug-likeness (QED) is 0.731. The molecule has 24 heavy (non-hydrogen) atoms. The Bertz CT molecular complexity index is 853. The van der Waals surface area contributed by atoms with Crippen LogP contribution in [-0.2, 0) is 6.42 Å². The Morgan fingerprint density at radius 3 is 2.58 bits per heavy atom. The molecule has 0 saturated carbocycles. The summed E-state index contributed by atoms with van der Waals surface area (Å²) in [6, 6.07) is 15.3. The van der Waals surface area contributed by atoms with Gasteiger partial charge in [0.15, 0.2) is 0 Å². The van der Waals surface area contributed by atoms with Crippen LogP contribution in [0.1, 0.15) is 16.1 Å². The summed E-state index contributed by atoms with van der Waals surface area (Å²) in [5.74, 6) is -0.164. The van der Waals surface area contributed by atoms with E-state index in [1.54, 1.807) is 0 Å². The Kier molecular flexibility index (Phi) is 4.88. The number of nitrogens with one attached hydrogen (secondary N) is 2. The van der Waals surface area contributed by atoms with Crippen LogP contribution in [0.3, 0.4) is 0 Å². The van der Waals surface area contributed by atoms with Crippen LogP contribution in [0.5, 0.6) is 0 Å². The minimum absolute atomic E-state index is 0.164. The second-order valence-corrected chi connectivity index (χ2v) is 6.56. The predicted octanol–water partition coefficient (Wildman–Crippen LogP) is 4.18. The minimum atomic E-state index is -0.164. The van der Waals surface area contributed by atoms with E-state index < -0.39 is 0 Å². The normalized spacial score (nSPS) is 11.2. The second kappa shape index (κ2) is 7.07. The van der Waals surface area contributed by atoms with Crippen molar-refractivity contribution in [3.8, 4) is 0 Å². The fourth-order valence-corrected chi connectivity index (χ4v) is 2.70. The Morgan fingerprint density at radius 1 is 1.12 bits per heavy atom. The van der Waals surface area contributed by atoms with E-state index in [2.05, 4.69) is 29.3 Å². The molecule has 1 heterocycles. The van der Waals surface area contributed by atoms with Crippen LogP contribution in [0, 0.1) is 0 Å². The van der Waals surface area contributed by atoms with Crippen LogP contribution in [0.15, 0.2) is 48.5 Å². The molecular weight excluding hydrogens is 322 g/mol. The van der Waals surface area contributed by atoms with Gasteiger partial charge in [0.25, 0.3) is 5.91 Å². The first kappa shape index (κ1) is 16.6. The molecule has 124 valence electrons. The molecule has 0 aliphatic carbocycles. The van der Waals surface area contributed by atoms with Gasteiger partial charge in [0.2, 0.25) is 0 Å². The molecule has 4 nitrogen and oxygen atoms in total. The fourth-order valence-electron chi connectivity index (χ4n) is 2.53. The topological polar surface area (TPSA) is 48.1 Å². The molecule has 0 aliphatic rings. The van der Waals surface area contributed by atoms with Crippen LogP contribution in [0.25, 0.3) is 10.9 Å². The highest BCUT2D eigenvalue weighted by Crippen LogP contribution is 2.20. The Balaban J connectivity index is 1.69. The van der Waals surface area contributed by atoms with Gasteiger partial charge in [0.05, 0.1) is 0 Å². The van der Waals surface area contributed by atoms with Crippen molar-refractivity contribution < 1.29 is 4.79 Å². The van der Waals surface area contributed by atoms with Crippen molar-refractivity contribution in [3.05, 3.63) is 64.8 Å². The average molecular weight is 342 g/mol. The van der Waals surface area contributed by atoms with E-state index in [9.17, 15) is 4.79 Å². The molecule has 1 aromatic heterocycles. The number of carbonyl (C=O) groups excluding carboxylic acids is 1. The van der Waals surface area contributed by atoms with E-state index in [4.69, 9.17) is 11.6 Å². The van der Waals surface area contributed by atoms with Crippen molar-refractivity contribution in [1.82, 2.24) is 9.88 Å². The average Bonchev–Trinajstić information content (AvgIpc) is 2.97. The number of rotatable bonds is 5. The highest BCUT2D eigenvalue weighted by atomic mass is 35.5. The summed E-state index contributed by atoms with van der Waals surface area (Å²) < 4.78 is 0. The zero-order valence-electron chi connectivity index (χ0n) is 13.8. The van der Waals surface area contributed by atoms with Gasteiger partial charge >= 0.3 is 0 Å². The van der Waals surface area contributed by atoms with Gasteiger partial charge in [0, 0.05) is 28.2 Å². The summed E-state index contributed by atoms with van der Waals surface area (Å²) in [5, 5.41) is 4.52. The summed E-state index contributed by atoms with van der Waals surface area (Å²) in [6.45, 7) is 1.00. The van der Waals surface area contributed by atoms with E-state index in [0.29, 0.717) is 10.7 Å². The summed E-state index contributed by atoms with van der Waals surface area (Å²) in [6.07, 6.45) is 0.990. The molecule has 0 unspecified atom stereocenters. The van der Waals surface area contributed by atoms with Crippen molar-refractivity contribution in [3.63, 3.8) is 0 Å². The molecule has 0 fully saturated rings. The van der Waals surface area contributed by atoms with E-state index in [0.717, 1.165) is 29.6 Å². The fraction of sp³-hybridized carbons (Fsp3) is 0.211. The largest absolute Gasteiger partial charge is 0.350 e. The number of halogens is 1. The molecule has 0 saturated heterocycles. The lowest BCUT2D eigenvalue weighted by Gasteiger charge is -2.10. The summed E-state index contributed by atoms with van der Waals surface area (Å²) in [7, 11) is 4.12. The molecule has 0 atom stereocenters. The van der Waals surface area contributed by atoms with E-state index >= 15 is 0 Å². The molecular formula is C19H20ClN3O. The van der Waals surface area contributed by atoms with Gasteiger partial charge in [-0.15, -0.1) is 0 Å². The molecule has 0 aliphatic heterocycles. The first-order chi connectivity index (χ1) is 11.5. The third kappa shape index (κ3) is 3.96. The van der Waals surface area contributed by atoms with Gasteiger partial charge in [-0.3, -0.25) is 4.79 Å². The van der Waals surface area contributed by atoms with E-state index in [1.807, 2.05) is 48.5 Å². The Labute approximate surface area is 146 Å². The Morgan fingerprint density at radius 2 is 1.88 bits per heavy atom. The lowest BCUT2D eigenvalue weighted by atomic mass is 10.1. The van der Waals surface area contributed by atoms with Crippen molar-refractivity contribution in [1.29, 1.82) is 0 Å². The van der Waals surface area contributed by atoms with Crippen molar-refractivity contribution in [2.75, 3.05) is 26.0 Å². The number of hydrogen-bond donors (Lipinski definition) is 2. The molecule has 2 N–H and O–H groups in total. The van der Waals surface area contributed by atoms with Gasteiger partial charge in [-0.2, -0.15) is 0 Å². The molecule has 0 spiro atoms. The third-order valence-corrected chi connectivity index (χ3v) is 4.12. The lowest BCUT2D eigenvalue weighted by Crippen LogP contribution is -2.15. The number of amides is 1. The number of benzene rings is 2. The van der Waals surface area contributed by atoms with Gasteiger partial charge in [0.1, 0.15) is 5.69 Å². The first-order valence-electron chi connectivity index (χ1n) is 7.84. The smallest absolute Gasteiger partial charge is 0.272 e. The zero-order valence-corrected chi connectivity index (χ0v) is 14.5. The number of H-pyrrole nitrogens is 1. The van der Waals surface area contributed by atoms with Crippen LogP contribution < -0.4 is 5.32 Å². The summed E-state index contributed by atoms with van der Waals surface area (Å²) in [5.41, 5.74) is 3.41. The number of aromatic nitrogens is 1. The summed E-state index contributed by atoms with van der Waals surface area (Å²) in [4.78, 5) is 17.6. The van der Waals surface area contributed by atoms with Gasteiger partial charge in [-0.25, -0.2) is 0 Å². The van der Waals surface area contributed by atoms with Gasteiger partial charge in [-0.1, -0.05) is 29.8 Å². The van der Waals surface area contributed by atoms with E-state index in [1.165, 1.54) is 5.56 Å². The molecule has 1 amide bonds. The number of carbonyl (C=O) groups is 1. The van der Waals surface area contributed by atoms with Crippen LogP contribution in [-0.4, -0.2) is 36.4 Å². The number of hydrogen-bond acceptors (Lipinski definition) is 2. The first-order valence-corrected chi connectivity index (χ1v) is 8.22. The van der Waals surface area contributed by atoms with E-state index in [-0.39, 0.29) is 5.91 Å². The van der Waals surface area contributed by atoms with Crippen LogP contribution >= 0.6 is 11.6 Å². The second-order valence-electron chi connectivity index (χ2n) is 6.12. The SMILES string of the molecule is CN(C)CCc1ccc(NC(=O)c2cc3ccc(Cl)cc3[nH]2)cc1. The predicted molar refractivity (Wildman–Crippen MR) is 100.0 cm³/mol. The highest BCUT2D eigenvalue weighted by molar-refractivity contribution is 6.31. The maximum Gasteiger partial charge on any atom is 0.272 e. The van der Waals surface area contributed by atoms with Gasteiger partial charge < -0.3 is 15.2 Å². The van der Waals surface area contributed by atoms with Crippen molar-refractivity contribution in [2.24, 2.45) is 0 Å². The van der Waals surface area contributed by atoms with Crippen LogP contribution in [0.2, 0.25) is 5.02 Å². The zero-order chi connectivity index (χ0) is 17.1. The number of anilines is 1. The number of nitrogens with zero attached hydrogens (tertiary/aromatic N) is 1. The van der Waals surface area contributed by atoms with Crippen molar-refractivity contribution in [2.45, 2.75) is 6.42 Å². The number of likely N-dealkylation sites (N-methyl/N-ethyl adjacent to an activating group) is 1. The number of fused-ring (bicyclic) bond motifs is 1. The monoisotopic (exact) mass is 341 g/mol. The Hall–Kier alpha value is -2.30. The standard InChI is InChI=1S/C19H20ClN3O/c1-23(2)10-9-13-3-7-16(8-4-13)21-19(24)18-11-14-5-6-15(20)12-17(14)22-18/h3-8,11-12,22H,9-10H2,1-2H3,(H,21,24). The molecule has 3 aromatic rings. The van der Waals surface area contributed by atoms with Gasteiger partial charge in [-0.05, 0) is 56.4 Å². The maximum atomic E-state index is 12.4. The molecule has 2 aromatic carbocycles. The summed E-state index contributed by atoms with van der Waals surface area (Å²) >= 11 is 5.97. The maximum absolute atomic E-state index is 12.4. The number of aromatic amines is 1. The minimum Gasteiger partial charge on any atom is -0.350 e. The lowest BCUT2D eigenvalue weighted by molar-refractivity contribution is 0.102. The molecule has 3 rings (SSSR count). The molecule has 0 bridgehead atoms. The third-order valence-electron chi connectivity index (χ3n) is 3.89. The van der Waals surface area contributed by atoms with Crippen LogP contribution in [0.4, 0.5) is 5.69 Å². The molecule has 5 heteroatoms. The van der Waals surface area contributed by atoms with Crippen molar-refractivity contribution >= 4 is 34.1 Å².